The molecule has 1 unspecified atom stereocenters. The zero-order valence-electron chi connectivity index (χ0n) is 7.05. The number of carbonyl (C=O) groups is 2. The van der Waals surface area contributed by atoms with Gasteiger partial charge in [-0.15, -0.1) is 0 Å². The Balaban J connectivity index is 3.01. The van der Waals surface area contributed by atoms with Crippen LogP contribution >= 0.6 is 0 Å². The number of aliphatic hydroxyl groups excluding tert-OH is 1. The number of carbonyl (C=O) groups excluding carboxylic acids is 2. The van der Waals surface area contributed by atoms with Gasteiger partial charge in [0.05, 0.1) is 6.04 Å². The predicted molar refractivity (Wildman–Crippen MR) is 42.6 cm³/mol. The zero-order valence-corrected chi connectivity index (χ0v) is 7.05. The van der Waals surface area contributed by atoms with E-state index in [-0.39, 0.29) is 23.2 Å². The number of nitrogens with one attached hydrogen (secondary N) is 1. The Bertz CT molecular complexity index is 267. The van der Waals surface area contributed by atoms with Gasteiger partial charge in [-0.25, -0.2) is 0 Å². The fourth-order valence-electron chi connectivity index (χ4n) is 1.22. The lowest BCUT2D eigenvalue weighted by Crippen LogP contribution is -2.28. The van der Waals surface area contributed by atoms with Gasteiger partial charge in [0, 0.05) is 0 Å². The van der Waals surface area contributed by atoms with Crippen molar-refractivity contribution in [1.29, 1.82) is 0 Å². The van der Waals surface area contributed by atoms with Crippen LogP contribution in [-0.2, 0) is 9.59 Å². The quantitative estimate of drug-likeness (QED) is 0.584. The fourth-order valence-corrected chi connectivity index (χ4v) is 1.22. The van der Waals surface area contributed by atoms with E-state index in [9.17, 15) is 14.7 Å². The van der Waals surface area contributed by atoms with E-state index < -0.39 is 5.91 Å². The molecule has 1 atom stereocenters. The molecule has 1 rings (SSSR count). The highest BCUT2D eigenvalue weighted by Gasteiger charge is 2.32. The van der Waals surface area contributed by atoms with Crippen LogP contribution in [0.5, 0.6) is 0 Å². The molecule has 0 spiro atoms. The Morgan fingerprint density at radius 1 is 1.67 bits per heavy atom. The number of hydrogen-bond acceptors (Lipinski definition) is 3. The maximum Gasteiger partial charge on any atom is 0.258 e. The third kappa shape index (κ3) is 1.20. The van der Waals surface area contributed by atoms with Crippen molar-refractivity contribution < 1.29 is 14.7 Å². The average Bonchev–Trinajstić information content (AvgIpc) is 2.25. The van der Waals surface area contributed by atoms with E-state index in [0.717, 1.165) is 0 Å². The van der Waals surface area contributed by atoms with Gasteiger partial charge in [0.15, 0.2) is 5.78 Å². The summed E-state index contributed by atoms with van der Waals surface area (Å²) in [6.07, 6.45) is 0.592. The zero-order chi connectivity index (χ0) is 9.30. The van der Waals surface area contributed by atoms with Crippen LogP contribution in [0.25, 0.3) is 0 Å². The summed E-state index contributed by atoms with van der Waals surface area (Å²) in [6.45, 7) is 3.09. The monoisotopic (exact) mass is 169 g/mol. The summed E-state index contributed by atoms with van der Waals surface area (Å²) < 4.78 is 0. The first-order valence-corrected chi connectivity index (χ1v) is 3.82. The minimum atomic E-state index is -0.466. The smallest absolute Gasteiger partial charge is 0.258 e. The van der Waals surface area contributed by atoms with E-state index in [1.165, 1.54) is 6.92 Å². The second kappa shape index (κ2) is 2.97. The highest BCUT2D eigenvalue weighted by atomic mass is 16.3. The molecular weight excluding hydrogens is 158 g/mol. The molecule has 0 aromatic rings. The molecule has 0 saturated carbocycles. The van der Waals surface area contributed by atoms with Crippen LogP contribution in [0.2, 0.25) is 0 Å². The molecule has 0 fully saturated rings. The third-order valence-corrected chi connectivity index (χ3v) is 1.88. The van der Waals surface area contributed by atoms with Crippen LogP contribution in [0, 0.1) is 0 Å². The van der Waals surface area contributed by atoms with Gasteiger partial charge in [-0.2, -0.15) is 0 Å². The first-order chi connectivity index (χ1) is 5.57. The lowest BCUT2D eigenvalue weighted by molar-refractivity contribution is -0.121. The number of aliphatic hydroxyl groups is 1. The minimum Gasteiger partial charge on any atom is -0.509 e. The topological polar surface area (TPSA) is 66.4 Å². The minimum absolute atomic E-state index is 0.0955. The van der Waals surface area contributed by atoms with Gasteiger partial charge in [-0.05, 0) is 13.3 Å². The molecule has 0 radical (unpaired) electrons. The Kier molecular flexibility index (Phi) is 2.17. The number of Topliss-reactive ketones (excluding diaryl/α,β-unsaturated/α-hetero) is 1. The van der Waals surface area contributed by atoms with Crippen molar-refractivity contribution in [3.8, 4) is 0 Å². The standard InChI is InChI=1S/C8H11NO3/c1-3-5-7(11)6(4(2)10)8(12)9-5/h5,11H,3H2,1-2H3,(H,9,12). The first-order valence-electron chi connectivity index (χ1n) is 3.82. The van der Waals surface area contributed by atoms with E-state index in [1.807, 2.05) is 6.92 Å². The summed E-state index contributed by atoms with van der Waals surface area (Å²) in [5.74, 6) is -0.970. The number of rotatable bonds is 2. The highest BCUT2D eigenvalue weighted by molar-refractivity contribution is 6.20. The van der Waals surface area contributed by atoms with Crippen LogP contribution in [-0.4, -0.2) is 22.8 Å². The molecule has 0 aromatic heterocycles. The normalized spacial score (nSPS) is 22.8. The number of ketones is 1. The van der Waals surface area contributed by atoms with Crippen molar-refractivity contribution in [2.45, 2.75) is 26.3 Å². The molecule has 0 saturated heterocycles. The Morgan fingerprint density at radius 2 is 2.25 bits per heavy atom. The second-order valence-corrected chi connectivity index (χ2v) is 2.75. The third-order valence-electron chi connectivity index (χ3n) is 1.88. The van der Waals surface area contributed by atoms with Crippen molar-refractivity contribution in [2.24, 2.45) is 0 Å². The Labute approximate surface area is 70.3 Å². The Hall–Kier alpha value is -1.32. The van der Waals surface area contributed by atoms with Gasteiger partial charge < -0.3 is 10.4 Å². The van der Waals surface area contributed by atoms with Crippen LogP contribution < -0.4 is 5.32 Å². The van der Waals surface area contributed by atoms with Crippen LogP contribution in [0.15, 0.2) is 11.3 Å². The van der Waals surface area contributed by atoms with Crippen molar-refractivity contribution in [2.75, 3.05) is 0 Å². The molecule has 66 valence electrons. The van der Waals surface area contributed by atoms with Gasteiger partial charge in [-0.1, -0.05) is 6.92 Å². The summed E-state index contributed by atoms with van der Waals surface area (Å²) in [5, 5.41) is 11.9. The summed E-state index contributed by atoms with van der Waals surface area (Å²) in [5.41, 5.74) is -0.0955. The molecule has 2 N–H and O–H groups in total. The number of amides is 1. The van der Waals surface area contributed by atoms with E-state index in [2.05, 4.69) is 5.32 Å². The predicted octanol–water partition coefficient (Wildman–Crippen LogP) is 0.296. The van der Waals surface area contributed by atoms with Gasteiger partial charge in [-0.3, -0.25) is 9.59 Å². The van der Waals surface area contributed by atoms with Crippen LogP contribution in [0.3, 0.4) is 0 Å². The molecule has 0 aliphatic carbocycles. The molecular formula is C8H11NO3. The molecule has 1 aliphatic heterocycles. The first kappa shape index (κ1) is 8.77. The maximum absolute atomic E-state index is 11.0. The summed E-state index contributed by atoms with van der Waals surface area (Å²) >= 11 is 0. The van der Waals surface area contributed by atoms with Crippen molar-refractivity contribution in [3.05, 3.63) is 11.3 Å². The van der Waals surface area contributed by atoms with Crippen molar-refractivity contribution in [1.82, 2.24) is 5.32 Å². The van der Waals surface area contributed by atoms with E-state index in [1.54, 1.807) is 0 Å². The van der Waals surface area contributed by atoms with E-state index >= 15 is 0 Å². The molecule has 1 amide bonds. The van der Waals surface area contributed by atoms with Gasteiger partial charge in [0.2, 0.25) is 0 Å². The van der Waals surface area contributed by atoms with Gasteiger partial charge in [0.25, 0.3) is 5.91 Å². The molecule has 4 heteroatoms. The summed E-state index contributed by atoms with van der Waals surface area (Å²) in [7, 11) is 0. The molecule has 12 heavy (non-hydrogen) atoms. The van der Waals surface area contributed by atoms with Gasteiger partial charge in [0.1, 0.15) is 11.3 Å². The SMILES string of the molecule is CCC1NC(=O)C(C(C)=O)=C1O. The molecule has 0 bridgehead atoms. The van der Waals surface area contributed by atoms with Crippen molar-refractivity contribution >= 4 is 11.7 Å². The van der Waals surface area contributed by atoms with E-state index in [0.29, 0.717) is 6.42 Å². The molecule has 4 nitrogen and oxygen atoms in total. The van der Waals surface area contributed by atoms with E-state index in [4.69, 9.17) is 0 Å². The lowest BCUT2D eigenvalue weighted by Gasteiger charge is -2.05. The summed E-state index contributed by atoms with van der Waals surface area (Å²) in [6, 6.07) is -0.378. The molecule has 1 aliphatic rings. The summed E-state index contributed by atoms with van der Waals surface area (Å²) in [4.78, 5) is 21.9. The van der Waals surface area contributed by atoms with Crippen LogP contribution in [0.1, 0.15) is 20.3 Å². The van der Waals surface area contributed by atoms with Crippen molar-refractivity contribution in [3.63, 3.8) is 0 Å². The van der Waals surface area contributed by atoms with Crippen LogP contribution in [0.4, 0.5) is 0 Å². The average molecular weight is 169 g/mol. The second-order valence-electron chi connectivity index (χ2n) is 2.75. The highest BCUT2D eigenvalue weighted by Crippen LogP contribution is 2.17. The fraction of sp³-hybridized carbons (Fsp3) is 0.500. The number of hydrogen-bond donors (Lipinski definition) is 2. The molecule has 0 aromatic carbocycles. The Morgan fingerprint density at radius 3 is 2.50 bits per heavy atom. The molecule has 1 heterocycles. The van der Waals surface area contributed by atoms with Gasteiger partial charge >= 0.3 is 0 Å². The lowest BCUT2D eigenvalue weighted by atomic mass is 10.1. The maximum atomic E-state index is 11.0. The largest absolute Gasteiger partial charge is 0.509 e.